The molecule has 14 heteroatoms. The molecular formula is C44H87NO12S. The zero-order chi connectivity index (χ0) is 42.9. The molecule has 0 aromatic rings. The van der Waals surface area contributed by atoms with Crippen LogP contribution in [-0.2, 0) is 28.9 Å². The highest BCUT2D eigenvalue weighted by Crippen LogP contribution is 2.26. The molecule has 0 saturated carbocycles. The van der Waals surface area contributed by atoms with Crippen LogP contribution in [0.3, 0.4) is 0 Å². The predicted molar refractivity (Wildman–Crippen MR) is 229 cm³/mol. The Kier molecular flexibility index (Phi) is 33.8. The first kappa shape index (κ1) is 55.1. The van der Waals surface area contributed by atoms with Crippen molar-refractivity contribution in [2.45, 2.75) is 262 Å². The van der Waals surface area contributed by atoms with Crippen LogP contribution in [0.1, 0.15) is 213 Å². The number of amides is 1. The van der Waals surface area contributed by atoms with Crippen LogP contribution in [0.4, 0.5) is 0 Å². The van der Waals surface area contributed by atoms with Crippen molar-refractivity contribution in [2.75, 3.05) is 13.2 Å². The highest BCUT2D eigenvalue weighted by Gasteiger charge is 2.48. The van der Waals surface area contributed by atoms with Crippen molar-refractivity contribution in [3.05, 3.63) is 0 Å². The van der Waals surface area contributed by atoms with Gasteiger partial charge >= 0.3 is 10.4 Å². The lowest BCUT2D eigenvalue weighted by Crippen LogP contribution is -2.61. The summed E-state index contributed by atoms with van der Waals surface area (Å²) in [5.74, 6) is -0.667. The van der Waals surface area contributed by atoms with Gasteiger partial charge in [-0.2, -0.15) is 8.42 Å². The quantitative estimate of drug-likeness (QED) is 0.0231. The fourth-order valence-corrected chi connectivity index (χ4v) is 8.27. The van der Waals surface area contributed by atoms with Gasteiger partial charge in [-0.1, -0.05) is 200 Å². The molecule has 0 spiro atoms. The number of hydrogen-bond acceptors (Lipinski definition) is 11. The van der Waals surface area contributed by atoms with Gasteiger partial charge in [-0.3, -0.25) is 9.35 Å². The molecule has 0 aliphatic carbocycles. The first-order valence-corrected chi connectivity index (χ1v) is 24.9. The summed E-state index contributed by atoms with van der Waals surface area (Å²) in [5.41, 5.74) is 0. The van der Waals surface area contributed by atoms with Crippen molar-refractivity contribution >= 4 is 16.3 Å². The van der Waals surface area contributed by atoms with Gasteiger partial charge < -0.3 is 40.3 Å². The molecule has 7 N–H and O–H groups in total. The number of unbranched alkanes of at least 4 members (excludes halogenated alkanes) is 27. The number of aliphatic hydroxyl groups excluding tert-OH is 5. The molecule has 0 bridgehead atoms. The maximum absolute atomic E-state index is 13.1. The van der Waals surface area contributed by atoms with E-state index in [1.165, 1.54) is 135 Å². The van der Waals surface area contributed by atoms with Gasteiger partial charge in [0.25, 0.3) is 0 Å². The summed E-state index contributed by atoms with van der Waals surface area (Å²) in [6, 6.07) is -1.03. The minimum absolute atomic E-state index is 0.265. The monoisotopic (exact) mass is 854 g/mol. The maximum Gasteiger partial charge on any atom is 0.397 e. The topological polar surface area (TPSA) is 212 Å². The van der Waals surface area contributed by atoms with Crippen LogP contribution in [0, 0.1) is 0 Å². The lowest BCUT2D eigenvalue weighted by atomic mass is 9.99. The van der Waals surface area contributed by atoms with Crippen LogP contribution in [0.15, 0.2) is 0 Å². The summed E-state index contributed by atoms with van der Waals surface area (Å²) in [6.07, 6.45) is 24.3. The minimum Gasteiger partial charge on any atom is -0.394 e. The smallest absolute Gasteiger partial charge is 0.394 e. The van der Waals surface area contributed by atoms with E-state index in [4.69, 9.17) is 9.47 Å². The normalized spacial score (nSPS) is 21.6. The minimum atomic E-state index is -5.10. The number of rotatable bonds is 40. The van der Waals surface area contributed by atoms with Gasteiger partial charge in [0, 0.05) is 0 Å². The second-order valence-electron chi connectivity index (χ2n) is 16.9. The lowest BCUT2D eigenvalue weighted by molar-refractivity contribution is -0.298. The molecule has 1 aliphatic rings. The molecule has 13 nitrogen and oxygen atoms in total. The summed E-state index contributed by atoms with van der Waals surface area (Å²) in [7, 11) is -5.10. The number of aliphatic hydroxyl groups is 5. The fourth-order valence-electron chi connectivity index (χ4n) is 7.76. The Morgan fingerprint density at radius 3 is 1.38 bits per heavy atom. The van der Waals surface area contributed by atoms with Crippen LogP contribution in [0.5, 0.6) is 0 Å². The van der Waals surface area contributed by atoms with Crippen LogP contribution in [0.2, 0.25) is 0 Å². The molecule has 0 aromatic carbocycles. The Hall–Kier alpha value is -0.940. The van der Waals surface area contributed by atoms with Crippen molar-refractivity contribution in [2.24, 2.45) is 0 Å². The second kappa shape index (κ2) is 35.6. The molecule has 0 radical (unpaired) electrons. The van der Waals surface area contributed by atoms with Crippen LogP contribution < -0.4 is 5.32 Å². The molecule has 58 heavy (non-hydrogen) atoms. The summed E-state index contributed by atoms with van der Waals surface area (Å²) >= 11 is 0. The average molecular weight is 854 g/mol. The van der Waals surface area contributed by atoms with Gasteiger partial charge in [-0.25, -0.2) is 4.18 Å². The molecule has 8 unspecified atom stereocenters. The Labute approximate surface area is 352 Å². The van der Waals surface area contributed by atoms with Crippen LogP contribution in [0.25, 0.3) is 0 Å². The van der Waals surface area contributed by atoms with E-state index in [1.807, 2.05) is 0 Å². The highest BCUT2D eigenvalue weighted by molar-refractivity contribution is 7.80. The predicted octanol–water partition coefficient (Wildman–Crippen LogP) is 7.97. The van der Waals surface area contributed by atoms with E-state index in [-0.39, 0.29) is 6.42 Å². The van der Waals surface area contributed by atoms with Gasteiger partial charge in [0.15, 0.2) is 6.29 Å². The molecule has 1 amide bonds. The summed E-state index contributed by atoms with van der Waals surface area (Å²) in [4.78, 5) is 13.1. The zero-order valence-corrected chi connectivity index (χ0v) is 37.3. The summed E-state index contributed by atoms with van der Waals surface area (Å²) < 4.78 is 47.6. The second-order valence-corrected chi connectivity index (χ2v) is 17.9. The molecule has 1 rings (SSSR count). The molecule has 346 valence electrons. The first-order valence-electron chi connectivity index (χ1n) is 23.5. The number of carbonyl (C=O) groups excluding carboxylic acids is 1. The zero-order valence-electron chi connectivity index (χ0n) is 36.5. The highest BCUT2D eigenvalue weighted by atomic mass is 32.3. The third-order valence-corrected chi connectivity index (χ3v) is 12.0. The number of ether oxygens (including phenoxy) is 2. The fraction of sp³-hybridized carbons (Fsp3) is 0.977. The van der Waals surface area contributed by atoms with Crippen molar-refractivity contribution < 1.29 is 57.0 Å². The number of nitrogens with one attached hydrogen (secondary N) is 1. The molecular weight excluding hydrogens is 767 g/mol. The molecule has 0 aromatic heterocycles. The van der Waals surface area contributed by atoms with Crippen molar-refractivity contribution in [1.82, 2.24) is 5.32 Å². The van der Waals surface area contributed by atoms with E-state index in [0.717, 1.165) is 38.5 Å². The summed E-state index contributed by atoms with van der Waals surface area (Å²) in [6.45, 7) is 3.28. The molecule has 1 saturated heterocycles. The standard InChI is InChI=1S/C44H87NO12S/c1-3-5-7-9-11-13-15-17-18-19-20-21-23-24-26-28-30-32-37(47)36(35-55-44-41(50)42(57-58(52,53)54)40(49)39(34-46)56-44)45-43(51)38(48)33-31-29-27-25-22-16-14-12-10-8-6-4-2/h36-42,44,46-50H,3-35H2,1-2H3,(H,45,51)(H,52,53,54). The third kappa shape index (κ3) is 27.8. The average Bonchev–Trinajstić information content (AvgIpc) is 3.19. The van der Waals surface area contributed by atoms with E-state index >= 15 is 0 Å². The number of hydrogen-bond donors (Lipinski definition) is 7. The van der Waals surface area contributed by atoms with Crippen molar-refractivity contribution in [1.29, 1.82) is 0 Å². The largest absolute Gasteiger partial charge is 0.397 e. The van der Waals surface area contributed by atoms with Crippen molar-refractivity contribution in [3.8, 4) is 0 Å². The van der Waals surface area contributed by atoms with E-state index in [2.05, 4.69) is 23.3 Å². The van der Waals surface area contributed by atoms with E-state index < -0.39 is 78.5 Å². The van der Waals surface area contributed by atoms with Crippen LogP contribution >= 0.6 is 0 Å². The van der Waals surface area contributed by atoms with Crippen molar-refractivity contribution in [3.63, 3.8) is 0 Å². The van der Waals surface area contributed by atoms with E-state index in [9.17, 15) is 43.3 Å². The van der Waals surface area contributed by atoms with Gasteiger partial charge in [0.05, 0.1) is 25.4 Å². The van der Waals surface area contributed by atoms with Gasteiger partial charge in [-0.05, 0) is 12.8 Å². The van der Waals surface area contributed by atoms with Gasteiger partial charge in [0.1, 0.15) is 30.5 Å². The molecule has 1 heterocycles. The van der Waals surface area contributed by atoms with Crippen LogP contribution in [-0.4, -0.2) is 107 Å². The Morgan fingerprint density at radius 1 is 0.621 bits per heavy atom. The molecule has 1 fully saturated rings. The Morgan fingerprint density at radius 2 is 1.00 bits per heavy atom. The van der Waals surface area contributed by atoms with E-state index in [0.29, 0.717) is 19.3 Å². The Balaban J connectivity index is 2.54. The summed E-state index contributed by atoms with van der Waals surface area (Å²) in [5, 5.41) is 55.3. The maximum atomic E-state index is 13.1. The molecule has 1 aliphatic heterocycles. The SMILES string of the molecule is CCCCCCCCCCCCCCCCCCCC(O)C(COC1OC(CO)C(O)C(OS(=O)(=O)O)C1O)NC(=O)C(O)CCCCCCCCCCCCCC. The lowest BCUT2D eigenvalue weighted by Gasteiger charge is -2.41. The van der Waals surface area contributed by atoms with E-state index in [1.54, 1.807) is 0 Å². The van der Waals surface area contributed by atoms with Gasteiger partial charge in [-0.15, -0.1) is 0 Å². The molecule has 8 atom stereocenters. The first-order chi connectivity index (χ1) is 27.9. The number of carbonyl (C=O) groups is 1. The Bertz CT molecular complexity index is 1070. The van der Waals surface area contributed by atoms with Gasteiger partial charge in [0.2, 0.25) is 5.91 Å². The third-order valence-electron chi connectivity index (χ3n) is 11.5.